The van der Waals surface area contributed by atoms with Crippen molar-refractivity contribution in [2.24, 2.45) is 17.8 Å². The minimum Gasteiger partial charge on any atom is -0.494 e. The van der Waals surface area contributed by atoms with Crippen molar-refractivity contribution in [1.82, 2.24) is 0 Å². The molecule has 1 aromatic carbocycles. The smallest absolute Gasteiger partial charge is 0.127 e. The van der Waals surface area contributed by atoms with Crippen LogP contribution in [0.3, 0.4) is 0 Å². The summed E-state index contributed by atoms with van der Waals surface area (Å²) in [6.45, 7) is 10.7. The maximum absolute atomic E-state index is 5.53. The van der Waals surface area contributed by atoms with E-state index < -0.39 is 0 Å². The lowest BCUT2D eigenvalue weighted by Gasteiger charge is -2.32. The topological polar surface area (TPSA) is 18.1 Å². The Labute approximate surface area is 146 Å². The average Bonchev–Trinajstić information content (AvgIpc) is 3.22. The van der Waals surface area contributed by atoms with Crippen LogP contribution in [0, 0.1) is 17.8 Å². The lowest BCUT2D eigenvalue weighted by molar-refractivity contribution is -1.02. The van der Waals surface area contributed by atoms with E-state index in [4.69, 9.17) is 4.74 Å². The largest absolute Gasteiger partial charge is 0.494 e. The Morgan fingerprint density at radius 2 is 1.71 bits per heavy atom. The number of ether oxygens (including phenoxy) is 1. The molecule has 0 radical (unpaired) electrons. The standard InChI is InChI=1S/C21H30N2O/c1-2-24-21-7-4-17(5-8-21)15-22-9-11-23(12-10-22)16-20-14-18-3-6-19(20)13-18/h3-8,18-20H,2,9-16H2,1H3/p+2/t18-,19+,20+/m1/s1. The number of fused-ring (bicyclic) bond motifs is 2. The molecule has 3 atom stereocenters. The molecule has 3 nitrogen and oxygen atoms in total. The summed E-state index contributed by atoms with van der Waals surface area (Å²) in [5.41, 5.74) is 1.44. The Kier molecular flexibility index (Phi) is 4.91. The molecule has 1 saturated carbocycles. The number of rotatable bonds is 6. The van der Waals surface area contributed by atoms with Gasteiger partial charge in [0.05, 0.1) is 13.2 Å². The molecule has 1 heterocycles. The first kappa shape index (κ1) is 16.2. The summed E-state index contributed by atoms with van der Waals surface area (Å²) in [5, 5.41) is 0. The van der Waals surface area contributed by atoms with Crippen LogP contribution in [0.2, 0.25) is 0 Å². The third-order valence-electron chi connectivity index (χ3n) is 6.32. The number of hydrogen-bond donors (Lipinski definition) is 2. The van der Waals surface area contributed by atoms with Gasteiger partial charge in [0.1, 0.15) is 38.5 Å². The van der Waals surface area contributed by atoms with E-state index in [2.05, 4.69) is 36.4 Å². The van der Waals surface area contributed by atoms with Crippen molar-refractivity contribution in [3.05, 3.63) is 42.0 Å². The van der Waals surface area contributed by atoms with Gasteiger partial charge in [-0.1, -0.05) is 12.2 Å². The highest BCUT2D eigenvalue weighted by molar-refractivity contribution is 5.26. The Balaban J connectivity index is 1.22. The monoisotopic (exact) mass is 328 g/mol. The molecule has 1 saturated heterocycles. The van der Waals surface area contributed by atoms with Crippen LogP contribution in [0.5, 0.6) is 5.75 Å². The van der Waals surface area contributed by atoms with Gasteiger partial charge in [0.15, 0.2) is 0 Å². The van der Waals surface area contributed by atoms with Crippen molar-refractivity contribution in [2.45, 2.75) is 26.3 Å². The van der Waals surface area contributed by atoms with Gasteiger partial charge in [-0.2, -0.15) is 0 Å². The molecule has 130 valence electrons. The molecule has 4 rings (SSSR count). The van der Waals surface area contributed by atoms with E-state index in [1.807, 2.05) is 11.8 Å². The molecule has 3 aliphatic rings. The summed E-state index contributed by atoms with van der Waals surface area (Å²) in [4.78, 5) is 3.60. The molecule has 24 heavy (non-hydrogen) atoms. The number of nitrogens with one attached hydrogen (secondary N) is 2. The molecule has 2 N–H and O–H groups in total. The molecule has 2 bridgehead atoms. The first-order valence-corrected chi connectivity index (χ1v) is 9.87. The summed E-state index contributed by atoms with van der Waals surface area (Å²) in [6, 6.07) is 8.70. The lowest BCUT2D eigenvalue weighted by Crippen LogP contribution is -3.27. The first-order valence-electron chi connectivity index (χ1n) is 9.87. The summed E-state index contributed by atoms with van der Waals surface area (Å²) in [5.74, 6) is 3.80. The van der Waals surface area contributed by atoms with Crippen molar-refractivity contribution in [3.8, 4) is 5.75 Å². The molecule has 0 amide bonds. The molecular weight excluding hydrogens is 296 g/mol. The van der Waals surface area contributed by atoms with Crippen LogP contribution in [0.25, 0.3) is 0 Å². The van der Waals surface area contributed by atoms with Crippen molar-refractivity contribution in [3.63, 3.8) is 0 Å². The number of benzene rings is 1. The highest BCUT2D eigenvalue weighted by atomic mass is 16.5. The van der Waals surface area contributed by atoms with E-state index in [-0.39, 0.29) is 0 Å². The summed E-state index contributed by atoms with van der Waals surface area (Å²) >= 11 is 0. The first-order chi connectivity index (χ1) is 11.8. The molecule has 0 unspecified atom stereocenters. The fraction of sp³-hybridized carbons (Fsp3) is 0.619. The number of hydrogen-bond acceptors (Lipinski definition) is 1. The highest BCUT2D eigenvalue weighted by Crippen LogP contribution is 2.42. The molecule has 0 aromatic heterocycles. The molecular formula is C21H32N2O+2. The summed E-state index contributed by atoms with van der Waals surface area (Å²) in [7, 11) is 0. The SMILES string of the molecule is CCOc1ccc(C[NH+]2CC[NH+](C[C@@H]3C[C@@H]4C=C[C@H]3C4)CC2)cc1. The van der Waals surface area contributed by atoms with Crippen LogP contribution in [0.1, 0.15) is 25.3 Å². The lowest BCUT2D eigenvalue weighted by atomic mass is 9.93. The normalized spacial score (nSPS) is 34.6. The third-order valence-corrected chi connectivity index (χ3v) is 6.32. The second-order valence-electron chi connectivity index (χ2n) is 8.00. The van der Waals surface area contributed by atoms with Gasteiger partial charge in [0.25, 0.3) is 0 Å². The Hall–Kier alpha value is -1.32. The van der Waals surface area contributed by atoms with Crippen LogP contribution >= 0.6 is 0 Å². The predicted molar refractivity (Wildman–Crippen MR) is 96.4 cm³/mol. The number of quaternary nitrogens is 2. The van der Waals surface area contributed by atoms with E-state index >= 15 is 0 Å². The number of allylic oxidation sites excluding steroid dienone is 2. The summed E-state index contributed by atoms with van der Waals surface area (Å²) in [6.07, 6.45) is 7.89. The van der Waals surface area contributed by atoms with E-state index in [0.717, 1.165) is 36.7 Å². The second-order valence-corrected chi connectivity index (χ2v) is 8.00. The zero-order valence-corrected chi connectivity index (χ0v) is 15.0. The van der Waals surface area contributed by atoms with Gasteiger partial charge in [0.2, 0.25) is 0 Å². The van der Waals surface area contributed by atoms with E-state index in [0.29, 0.717) is 0 Å². The third kappa shape index (κ3) is 3.68. The minimum absolute atomic E-state index is 0.744. The van der Waals surface area contributed by atoms with Crippen molar-refractivity contribution >= 4 is 0 Å². The quantitative estimate of drug-likeness (QED) is 0.731. The zero-order valence-electron chi connectivity index (χ0n) is 15.0. The molecule has 2 fully saturated rings. The number of piperazine rings is 1. The molecule has 2 aliphatic carbocycles. The van der Waals surface area contributed by atoms with Crippen LogP contribution in [-0.4, -0.2) is 39.3 Å². The van der Waals surface area contributed by atoms with Crippen molar-refractivity contribution in [2.75, 3.05) is 39.3 Å². The molecule has 1 aromatic rings. The Morgan fingerprint density at radius 1 is 0.958 bits per heavy atom. The van der Waals surface area contributed by atoms with Gasteiger partial charge >= 0.3 is 0 Å². The Bertz CT molecular complexity index is 560. The van der Waals surface area contributed by atoms with Gasteiger partial charge in [-0.25, -0.2) is 0 Å². The van der Waals surface area contributed by atoms with Crippen LogP contribution in [0.4, 0.5) is 0 Å². The van der Waals surface area contributed by atoms with Gasteiger partial charge in [-0.3, -0.25) is 0 Å². The molecule has 3 heteroatoms. The van der Waals surface area contributed by atoms with E-state index in [1.54, 1.807) is 4.90 Å². The minimum atomic E-state index is 0.744. The molecule has 0 spiro atoms. The van der Waals surface area contributed by atoms with Crippen LogP contribution in [-0.2, 0) is 6.54 Å². The Morgan fingerprint density at radius 3 is 2.33 bits per heavy atom. The van der Waals surface area contributed by atoms with E-state index in [9.17, 15) is 0 Å². The maximum Gasteiger partial charge on any atom is 0.127 e. The van der Waals surface area contributed by atoms with Gasteiger partial charge in [-0.15, -0.1) is 0 Å². The van der Waals surface area contributed by atoms with Crippen molar-refractivity contribution in [1.29, 1.82) is 0 Å². The maximum atomic E-state index is 5.53. The fourth-order valence-corrected chi connectivity index (χ4v) is 5.00. The highest BCUT2D eigenvalue weighted by Gasteiger charge is 2.38. The summed E-state index contributed by atoms with van der Waals surface area (Å²) < 4.78 is 5.53. The van der Waals surface area contributed by atoms with Crippen LogP contribution < -0.4 is 14.5 Å². The van der Waals surface area contributed by atoms with Crippen LogP contribution in [0.15, 0.2) is 36.4 Å². The van der Waals surface area contributed by atoms with Crippen molar-refractivity contribution < 1.29 is 14.5 Å². The zero-order chi connectivity index (χ0) is 16.4. The predicted octanol–water partition coefficient (Wildman–Crippen LogP) is 0.581. The molecule has 1 aliphatic heterocycles. The fourth-order valence-electron chi connectivity index (χ4n) is 5.00. The van der Waals surface area contributed by atoms with Gasteiger partial charge < -0.3 is 14.5 Å². The van der Waals surface area contributed by atoms with Gasteiger partial charge in [0, 0.05) is 11.5 Å². The van der Waals surface area contributed by atoms with Gasteiger partial charge in [-0.05, 0) is 55.9 Å². The van der Waals surface area contributed by atoms with E-state index in [1.165, 1.54) is 51.1 Å². The second kappa shape index (κ2) is 7.28. The average molecular weight is 329 g/mol.